The normalized spacial score (nSPS) is 12.7. The van der Waals surface area contributed by atoms with Crippen molar-refractivity contribution in [1.29, 1.82) is 0 Å². The highest BCUT2D eigenvalue weighted by molar-refractivity contribution is 5.69. The van der Waals surface area contributed by atoms with E-state index in [1.165, 1.54) is 0 Å². The first kappa shape index (κ1) is 31.6. The summed E-state index contributed by atoms with van der Waals surface area (Å²) in [4.78, 5) is 38.6. The molecule has 0 aliphatic heterocycles. The number of hydrogen-bond acceptors (Lipinski definition) is 6. The number of rotatable bonds is 16. The van der Waals surface area contributed by atoms with Crippen LogP contribution in [0.5, 0.6) is 0 Å². The molecule has 0 saturated heterocycles. The molecular weight excluding hydrogens is 498 g/mol. The summed E-state index contributed by atoms with van der Waals surface area (Å²) in [7, 11) is 0. The smallest absolute Gasteiger partial charge is 0.407 e. The second-order valence-electron chi connectivity index (χ2n) is 10.7. The maximum Gasteiger partial charge on any atom is 0.407 e. The zero-order valence-electron chi connectivity index (χ0n) is 23.5. The Morgan fingerprint density at radius 2 is 1.10 bits per heavy atom. The molecule has 9 nitrogen and oxygen atoms in total. The molecule has 2 aromatic carbocycles. The lowest BCUT2D eigenvalue weighted by Crippen LogP contribution is -2.51. The number of nitrogens with one attached hydrogen (secondary N) is 2. The van der Waals surface area contributed by atoms with Crippen LogP contribution in [0, 0.1) is 11.8 Å². The molecule has 0 bridgehead atoms. The van der Waals surface area contributed by atoms with E-state index in [9.17, 15) is 19.5 Å². The van der Waals surface area contributed by atoms with Crippen LogP contribution in [-0.2, 0) is 27.5 Å². The average molecular weight is 542 g/mol. The predicted molar refractivity (Wildman–Crippen MR) is 150 cm³/mol. The summed E-state index contributed by atoms with van der Waals surface area (Å²) in [6, 6.07) is 18.1. The highest BCUT2D eigenvalue weighted by Gasteiger charge is 2.24. The fourth-order valence-electron chi connectivity index (χ4n) is 4.38. The Labute approximate surface area is 231 Å². The van der Waals surface area contributed by atoms with E-state index in [0.717, 1.165) is 11.1 Å². The fourth-order valence-corrected chi connectivity index (χ4v) is 4.38. The molecule has 0 saturated carbocycles. The van der Waals surface area contributed by atoms with Crippen LogP contribution in [0.25, 0.3) is 0 Å². The summed E-state index contributed by atoms with van der Waals surface area (Å²) in [6.07, 6.45) is 0.165. The summed E-state index contributed by atoms with van der Waals surface area (Å²) in [5, 5.41) is 15.4. The number of aliphatic carboxylic acids is 1. The van der Waals surface area contributed by atoms with Crippen LogP contribution >= 0.6 is 0 Å². The lowest BCUT2D eigenvalue weighted by Gasteiger charge is -2.31. The minimum absolute atomic E-state index is 0.144. The average Bonchev–Trinajstić information content (AvgIpc) is 2.86. The van der Waals surface area contributed by atoms with E-state index in [4.69, 9.17) is 9.47 Å². The molecule has 3 N–H and O–H groups in total. The van der Waals surface area contributed by atoms with Crippen molar-refractivity contribution in [1.82, 2.24) is 15.5 Å². The number of alkyl carbamates (subject to hydrolysis) is 2. The van der Waals surface area contributed by atoms with Crippen molar-refractivity contribution in [2.24, 2.45) is 11.8 Å². The van der Waals surface area contributed by atoms with Gasteiger partial charge in [0.05, 0.1) is 6.54 Å². The molecule has 0 spiro atoms. The maximum atomic E-state index is 12.6. The van der Waals surface area contributed by atoms with Gasteiger partial charge in [0.15, 0.2) is 0 Å². The summed E-state index contributed by atoms with van der Waals surface area (Å²) < 4.78 is 10.8. The zero-order chi connectivity index (χ0) is 28.6. The molecule has 0 radical (unpaired) electrons. The topological polar surface area (TPSA) is 117 Å². The number of carboxylic acid groups (broad SMARTS) is 1. The number of carbonyl (C=O) groups excluding carboxylic acids is 2. The van der Waals surface area contributed by atoms with Gasteiger partial charge in [0.25, 0.3) is 0 Å². The van der Waals surface area contributed by atoms with Gasteiger partial charge in [0, 0.05) is 25.2 Å². The van der Waals surface area contributed by atoms with Crippen molar-refractivity contribution < 1.29 is 29.0 Å². The first-order valence-electron chi connectivity index (χ1n) is 13.5. The summed E-state index contributed by atoms with van der Waals surface area (Å²) in [5.74, 6) is -0.470. The Balaban J connectivity index is 2.03. The second kappa shape index (κ2) is 17.1. The molecule has 2 rings (SSSR count). The molecule has 2 atom stereocenters. The van der Waals surface area contributed by atoms with Gasteiger partial charge in [0.2, 0.25) is 0 Å². The number of carboxylic acids is 1. The molecule has 0 aromatic heterocycles. The van der Waals surface area contributed by atoms with Crippen LogP contribution < -0.4 is 10.6 Å². The molecule has 0 aliphatic carbocycles. The van der Waals surface area contributed by atoms with Crippen molar-refractivity contribution in [2.75, 3.05) is 19.6 Å². The molecule has 0 fully saturated rings. The second-order valence-corrected chi connectivity index (χ2v) is 10.7. The van der Waals surface area contributed by atoms with Gasteiger partial charge >= 0.3 is 18.2 Å². The van der Waals surface area contributed by atoms with Gasteiger partial charge in [-0.05, 0) is 35.8 Å². The van der Waals surface area contributed by atoms with Crippen LogP contribution in [0.3, 0.4) is 0 Å². The molecule has 0 aliphatic rings. The standard InChI is InChI=1S/C30H43N3O6/c1-22(2)15-26(31-29(36)38-20-24-11-7-5-8-12-24)17-33(19-28(34)35)18-27(16-23(3)4)32-30(37)39-21-25-13-9-6-10-14-25/h5-14,22-23,26-27H,15-21H2,1-4H3,(H,31,36)(H,32,37)(H,34,35). The van der Waals surface area contributed by atoms with Crippen molar-refractivity contribution in [3.05, 3.63) is 71.8 Å². The molecule has 2 amide bonds. The SMILES string of the molecule is CC(C)CC(CN(CC(=O)O)CC(CC(C)C)NC(=O)OCc1ccccc1)NC(=O)OCc1ccccc1. The van der Waals surface area contributed by atoms with Gasteiger partial charge in [-0.15, -0.1) is 0 Å². The number of ether oxygens (including phenoxy) is 2. The third-order valence-electron chi connectivity index (χ3n) is 5.90. The van der Waals surface area contributed by atoms with E-state index in [0.29, 0.717) is 25.9 Å². The van der Waals surface area contributed by atoms with E-state index < -0.39 is 18.2 Å². The van der Waals surface area contributed by atoms with Crippen molar-refractivity contribution >= 4 is 18.2 Å². The molecule has 9 heteroatoms. The van der Waals surface area contributed by atoms with Crippen LogP contribution in [-0.4, -0.2) is 59.9 Å². The van der Waals surface area contributed by atoms with E-state index in [2.05, 4.69) is 10.6 Å². The summed E-state index contributed by atoms with van der Waals surface area (Å²) >= 11 is 0. The van der Waals surface area contributed by atoms with Crippen LogP contribution in [0.15, 0.2) is 60.7 Å². The van der Waals surface area contributed by atoms with Crippen molar-refractivity contribution in [3.63, 3.8) is 0 Å². The highest BCUT2D eigenvalue weighted by atomic mass is 16.6. The first-order valence-corrected chi connectivity index (χ1v) is 13.5. The van der Waals surface area contributed by atoms with Crippen molar-refractivity contribution in [2.45, 2.75) is 65.8 Å². The zero-order valence-corrected chi connectivity index (χ0v) is 23.5. The monoisotopic (exact) mass is 541 g/mol. The molecule has 39 heavy (non-hydrogen) atoms. The molecular formula is C30H43N3O6. The predicted octanol–water partition coefficient (Wildman–Crippen LogP) is 5.06. The number of hydrogen-bond donors (Lipinski definition) is 3. The lowest BCUT2D eigenvalue weighted by atomic mass is 10.0. The van der Waals surface area contributed by atoms with E-state index in [-0.39, 0.29) is 43.7 Å². The molecule has 0 heterocycles. The quantitative estimate of drug-likeness (QED) is 0.272. The maximum absolute atomic E-state index is 12.6. The van der Waals surface area contributed by atoms with Crippen molar-refractivity contribution in [3.8, 4) is 0 Å². The Morgan fingerprint density at radius 1 is 0.718 bits per heavy atom. The Bertz CT molecular complexity index is 927. The van der Waals surface area contributed by atoms with E-state index in [1.807, 2.05) is 88.4 Å². The Hall–Kier alpha value is -3.59. The largest absolute Gasteiger partial charge is 0.480 e. The molecule has 2 unspecified atom stereocenters. The summed E-state index contributed by atoms with van der Waals surface area (Å²) in [5.41, 5.74) is 1.75. The minimum Gasteiger partial charge on any atom is -0.480 e. The van der Waals surface area contributed by atoms with Gasteiger partial charge in [-0.3, -0.25) is 9.69 Å². The Morgan fingerprint density at radius 3 is 1.44 bits per heavy atom. The van der Waals surface area contributed by atoms with E-state index in [1.54, 1.807) is 4.90 Å². The molecule has 214 valence electrons. The van der Waals surface area contributed by atoms with Gasteiger partial charge in [0.1, 0.15) is 13.2 Å². The number of nitrogens with zero attached hydrogens (tertiary/aromatic N) is 1. The van der Waals surface area contributed by atoms with Gasteiger partial charge in [-0.2, -0.15) is 0 Å². The van der Waals surface area contributed by atoms with Gasteiger partial charge in [-0.1, -0.05) is 88.4 Å². The third kappa shape index (κ3) is 14.2. The number of carbonyl (C=O) groups is 3. The summed E-state index contributed by atoms with van der Waals surface area (Å²) in [6.45, 7) is 8.80. The minimum atomic E-state index is -0.986. The lowest BCUT2D eigenvalue weighted by molar-refractivity contribution is -0.138. The van der Waals surface area contributed by atoms with E-state index >= 15 is 0 Å². The van der Waals surface area contributed by atoms with Crippen LogP contribution in [0.4, 0.5) is 9.59 Å². The van der Waals surface area contributed by atoms with Gasteiger partial charge in [-0.25, -0.2) is 9.59 Å². The van der Waals surface area contributed by atoms with Crippen LogP contribution in [0.1, 0.15) is 51.7 Å². The van der Waals surface area contributed by atoms with Crippen LogP contribution in [0.2, 0.25) is 0 Å². The highest BCUT2D eigenvalue weighted by Crippen LogP contribution is 2.12. The number of benzene rings is 2. The first-order chi connectivity index (χ1) is 18.6. The molecule has 2 aromatic rings. The third-order valence-corrected chi connectivity index (χ3v) is 5.90. The fraction of sp³-hybridized carbons (Fsp3) is 0.500. The number of amides is 2. The van der Waals surface area contributed by atoms with Gasteiger partial charge < -0.3 is 25.2 Å². The Kier molecular flexibility index (Phi) is 13.9.